The van der Waals surface area contributed by atoms with E-state index >= 15 is 0 Å². The summed E-state index contributed by atoms with van der Waals surface area (Å²) in [4.78, 5) is 0. The molecule has 78 valence electrons. The predicted octanol–water partition coefficient (Wildman–Crippen LogP) is 4.61. The molecule has 0 fully saturated rings. The molecule has 0 heterocycles. The highest BCUT2D eigenvalue weighted by atomic mass is 14.1. The van der Waals surface area contributed by atoms with Crippen molar-refractivity contribution in [3.8, 4) is 0 Å². The maximum Gasteiger partial charge on any atom is -0.00760 e. The molecule has 0 aliphatic carbocycles. The maximum absolute atomic E-state index is 2.23. The average molecular weight is 206 g/mol. The Morgan fingerprint density at radius 2 is 1.38 bits per heavy atom. The van der Waals surface area contributed by atoms with Gasteiger partial charge in [0.15, 0.2) is 0 Å². The normalized spacial score (nSPS) is 11.1. The van der Waals surface area contributed by atoms with Crippen LogP contribution in [0.15, 0.2) is 48.5 Å². The summed E-state index contributed by atoms with van der Waals surface area (Å²) >= 11 is 0. The van der Waals surface area contributed by atoms with Gasteiger partial charge in [-0.2, -0.15) is 0 Å². The first-order chi connectivity index (χ1) is 7.77. The van der Waals surface area contributed by atoms with Gasteiger partial charge in [0.1, 0.15) is 0 Å². The second kappa shape index (κ2) is 3.34. The number of rotatable bonds is 0. The SMILES string of the molecule is Cc1cccc2c1ccc1cccc(C)c12. The Morgan fingerprint density at radius 1 is 0.625 bits per heavy atom. The van der Waals surface area contributed by atoms with Gasteiger partial charge in [0, 0.05) is 0 Å². The van der Waals surface area contributed by atoms with Crippen molar-refractivity contribution in [1.29, 1.82) is 0 Å². The molecular weight excluding hydrogens is 192 g/mol. The van der Waals surface area contributed by atoms with Crippen LogP contribution in [0.5, 0.6) is 0 Å². The summed E-state index contributed by atoms with van der Waals surface area (Å²) in [7, 11) is 0. The zero-order chi connectivity index (χ0) is 11.1. The van der Waals surface area contributed by atoms with Crippen molar-refractivity contribution in [3.63, 3.8) is 0 Å². The highest BCUT2D eigenvalue weighted by Gasteiger charge is 2.03. The van der Waals surface area contributed by atoms with E-state index in [0.717, 1.165) is 0 Å². The van der Waals surface area contributed by atoms with Crippen molar-refractivity contribution in [2.75, 3.05) is 0 Å². The molecule has 0 heteroatoms. The van der Waals surface area contributed by atoms with Gasteiger partial charge in [0.2, 0.25) is 0 Å². The van der Waals surface area contributed by atoms with Crippen LogP contribution >= 0.6 is 0 Å². The fourth-order valence-corrected chi connectivity index (χ4v) is 2.49. The van der Waals surface area contributed by atoms with Gasteiger partial charge < -0.3 is 0 Å². The third-order valence-corrected chi connectivity index (χ3v) is 3.33. The second-order valence-electron chi connectivity index (χ2n) is 4.41. The van der Waals surface area contributed by atoms with Crippen LogP contribution < -0.4 is 0 Å². The van der Waals surface area contributed by atoms with E-state index in [1.54, 1.807) is 0 Å². The maximum atomic E-state index is 2.23. The molecule has 0 atom stereocenters. The molecule has 0 saturated heterocycles. The molecule has 16 heavy (non-hydrogen) atoms. The van der Waals surface area contributed by atoms with E-state index in [0.29, 0.717) is 0 Å². The number of hydrogen-bond donors (Lipinski definition) is 0. The minimum absolute atomic E-state index is 1.33. The summed E-state index contributed by atoms with van der Waals surface area (Å²) in [6.07, 6.45) is 0. The van der Waals surface area contributed by atoms with Gasteiger partial charge in [-0.05, 0) is 46.5 Å². The van der Waals surface area contributed by atoms with E-state index in [1.165, 1.54) is 32.7 Å². The highest BCUT2D eigenvalue weighted by Crippen LogP contribution is 2.29. The lowest BCUT2D eigenvalue weighted by molar-refractivity contribution is 1.52. The molecule has 0 aromatic heterocycles. The monoisotopic (exact) mass is 206 g/mol. The molecule has 3 rings (SSSR count). The molecule has 0 radical (unpaired) electrons. The zero-order valence-electron chi connectivity index (χ0n) is 9.62. The Bertz CT molecular complexity index is 678. The van der Waals surface area contributed by atoms with E-state index in [9.17, 15) is 0 Å². The fourth-order valence-electron chi connectivity index (χ4n) is 2.49. The van der Waals surface area contributed by atoms with Gasteiger partial charge in [0.25, 0.3) is 0 Å². The third-order valence-electron chi connectivity index (χ3n) is 3.33. The smallest absolute Gasteiger partial charge is 0.00760 e. The van der Waals surface area contributed by atoms with Crippen molar-refractivity contribution < 1.29 is 0 Å². The van der Waals surface area contributed by atoms with Crippen molar-refractivity contribution in [2.45, 2.75) is 13.8 Å². The number of fused-ring (bicyclic) bond motifs is 3. The van der Waals surface area contributed by atoms with Crippen molar-refractivity contribution in [1.82, 2.24) is 0 Å². The zero-order valence-corrected chi connectivity index (χ0v) is 9.62. The van der Waals surface area contributed by atoms with Gasteiger partial charge >= 0.3 is 0 Å². The standard InChI is InChI=1S/C16H14/c1-11-5-4-8-15-14(11)10-9-13-7-3-6-12(2)16(13)15/h3-10H,1-2H3. The number of hydrogen-bond acceptors (Lipinski definition) is 0. The lowest BCUT2D eigenvalue weighted by Crippen LogP contribution is -1.83. The van der Waals surface area contributed by atoms with Crippen LogP contribution in [0.2, 0.25) is 0 Å². The van der Waals surface area contributed by atoms with Gasteiger partial charge in [-0.15, -0.1) is 0 Å². The number of benzene rings is 3. The molecular formula is C16H14. The summed E-state index contributed by atoms with van der Waals surface area (Å²) in [5.41, 5.74) is 2.70. The van der Waals surface area contributed by atoms with Crippen LogP contribution in [0.4, 0.5) is 0 Å². The summed E-state index contributed by atoms with van der Waals surface area (Å²) in [5.74, 6) is 0. The summed E-state index contributed by atoms with van der Waals surface area (Å²) in [6.45, 7) is 4.36. The van der Waals surface area contributed by atoms with Crippen LogP contribution in [0.25, 0.3) is 21.5 Å². The van der Waals surface area contributed by atoms with Gasteiger partial charge in [-0.3, -0.25) is 0 Å². The predicted molar refractivity (Wildman–Crippen MR) is 70.9 cm³/mol. The van der Waals surface area contributed by atoms with Crippen molar-refractivity contribution >= 4 is 21.5 Å². The first kappa shape index (κ1) is 9.41. The summed E-state index contributed by atoms with van der Waals surface area (Å²) in [5, 5.41) is 5.46. The van der Waals surface area contributed by atoms with Crippen LogP contribution in [-0.2, 0) is 0 Å². The molecule has 0 aliphatic heterocycles. The van der Waals surface area contributed by atoms with Crippen LogP contribution in [0.3, 0.4) is 0 Å². The van der Waals surface area contributed by atoms with Crippen LogP contribution in [-0.4, -0.2) is 0 Å². The Kier molecular flexibility index (Phi) is 1.97. The fraction of sp³-hybridized carbons (Fsp3) is 0.125. The van der Waals surface area contributed by atoms with Crippen LogP contribution in [0.1, 0.15) is 11.1 Å². The third kappa shape index (κ3) is 1.23. The molecule has 0 N–H and O–H groups in total. The first-order valence-corrected chi connectivity index (χ1v) is 5.65. The molecule has 0 unspecified atom stereocenters. The minimum atomic E-state index is 1.33. The average Bonchev–Trinajstić information content (AvgIpc) is 2.29. The highest BCUT2D eigenvalue weighted by molar-refractivity contribution is 6.09. The minimum Gasteiger partial charge on any atom is -0.0614 e. The van der Waals surface area contributed by atoms with Crippen LogP contribution in [0, 0.1) is 13.8 Å². The van der Waals surface area contributed by atoms with Crippen molar-refractivity contribution in [3.05, 3.63) is 59.7 Å². The van der Waals surface area contributed by atoms with E-state index in [2.05, 4.69) is 62.4 Å². The Balaban J connectivity index is 2.64. The Labute approximate surface area is 95.5 Å². The molecule has 0 bridgehead atoms. The van der Waals surface area contributed by atoms with Gasteiger partial charge in [0.05, 0.1) is 0 Å². The summed E-state index contributed by atoms with van der Waals surface area (Å²) in [6, 6.07) is 17.5. The second-order valence-corrected chi connectivity index (χ2v) is 4.41. The summed E-state index contributed by atoms with van der Waals surface area (Å²) < 4.78 is 0. The van der Waals surface area contributed by atoms with E-state index in [4.69, 9.17) is 0 Å². The largest absolute Gasteiger partial charge is 0.0614 e. The molecule has 0 nitrogen and oxygen atoms in total. The van der Waals surface area contributed by atoms with E-state index < -0.39 is 0 Å². The first-order valence-electron chi connectivity index (χ1n) is 5.65. The molecule has 3 aromatic carbocycles. The molecule has 0 spiro atoms. The molecule has 0 saturated carbocycles. The topological polar surface area (TPSA) is 0 Å². The van der Waals surface area contributed by atoms with E-state index in [1.807, 2.05) is 0 Å². The number of aryl methyl sites for hydroxylation is 2. The molecule has 0 amide bonds. The lowest BCUT2D eigenvalue weighted by Gasteiger charge is -2.08. The lowest BCUT2D eigenvalue weighted by atomic mass is 9.96. The van der Waals surface area contributed by atoms with Gasteiger partial charge in [-0.25, -0.2) is 0 Å². The Hall–Kier alpha value is -1.82. The molecule has 0 aliphatic rings. The molecule has 3 aromatic rings. The van der Waals surface area contributed by atoms with E-state index in [-0.39, 0.29) is 0 Å². The Morgan fingerprint density at radius 3 is 2.25 bits per heavy atom. The van der Waals surface area contributed by atoms with Gasteiger partial charge in [-0.1, -0.05) is 48.5 Å². The van der Waals surface area contributed by atoms with Crippen molar-refractivity contribution in [2.24, 2.45) is 0 Å². The quantitative estimate of drug-likeness (QED) is 0.471.